The topological polar surface area (TPSA) is 89.5 Å². The molecule has 0 amide bonds. The molecule has 7 aromatic rings. The van der Waals surface area contributed by atoms with Crippen molar-refractivity contribution in [2.45, 2.75) is 90.3 Å². The Bertz CT molecular complexity index is 2600. The predicted molar refractivity (Wildman–Crippen MR) is 254 cm³/mol. The van der Waals surface area contributed by atoms with Crippen molar-refractivity contribution in [1.29, 1.82) is 0 Å². The lowest BCUT2D eigenvalue weighted by Crippen LogP contribution is -2.31. The van der Waals surface area contributed by atoms with Gasteiger partial charge in [0.2, 0.25) is 0 Å². The summed E-state index contributed by atoms with van der Waals surface area (Å²) >= 11 is 6.69. The Labute approximate surface area is 375 Å². The minimum Gasteiger partial charge on any atom is -0.489 e. The molecular formula is C54H57ClO8. The maximum absolute atomic E-state index is 13.2. The maximum Gasteiger partial charge on any atom is 0.306 e. The monoisotopic (exact) mass is 868 g/mol. The largest absolute Gasteiger partial charge is 0.489 e. The Balaban J connectivity index is 1.15. The average Bonchev–Trinajstić information content (AvgIpc) is 3.31. The normalized spacial score (nSPS) is 12.3. The molecule has 0 radical (unpaired) electrons. The number of benzene rings is 7. The van der Waals surface area contributed by atoms with E-state index in [0.717, 1.165) is 89.1 Å². The fourth-order valence-electron chi connectivity index (χ4n) is 7.86. The first-order valence-corrected chi connectivity index (χ1v) is 22.8. The third kappa shape index (κ3) is 12.1. The number of carbonyl (C=O) groups excluding carboxylic acids is 2. The van der Waals surface area contributed by atoms with E-state index in [1.165, 1.54) is 0 Å². The second-order valence-corrected chi connectivity index (χ2v) is 16.4. The summed E-state index contributed by atoms with van der Waals surface area (Å²) in [5.74, 6) is 1.99. The van der Waals surface area contributed by atoms with E-state index in [1.54, 1.807) is 0 Å². The van der Waals surface area contributed by atoms with E-state index < -0.39 is 12.2 Å². The number of carbonyl (C=O) groups is 2. The van der Waals surface area contributed by atoms with Crippen molar-refractivity contribution >= 4 is 66.6 Å². The van der Waals surface area contributed by atoms with Crippen molar-refractivity contribution in [2.24, 2.45) is 0 Å². The van der Waals surface area contributed by atoms with Crippen LogP contribution in [0.2, 0.25) is 5.02 Å². The number of hydrogen-bond acceptors (Lipinski definition) is 8. The number of fused-ring (bicyclic) bond motifs is 4. The Morgan fingerprint density at radius 3 is 1.35 bits per heavy atom. The van der Waals surface area contributed by atoms with Crippen LogP contribution >= 0.6 is 11.6 Å². The van der Waals surface area contributed by atoms with Gasteiger partial charge >= 0.3 is 11.9 Å². The summed E-state index contributed by atoms with van der Waals surface area (Å²) in [4.78, 5) is 26.4. The summed E-state index contributed by atoms with van der Waals surface area (Å²) < 4.78 is 38.3. The van der Waals surface area contributed by atoms with Gasteiger partial charge in [0, 0.05) is 50.2 Å². The molecule has 8 nitrogen and oxygen atoms in total. The predicted octanol–water partition coefficient (Wildman–Crippen LogP) is 13.6. The summed E-state index contributed by atoms with van der Waals surface area (Å²) in [6, 6.07) is 41.3. The quantitative estimate of drug-likeness (QED) is 0.0337. The van der Waals surface area contributed by atoms with E-state index in [9.17, 15) is 9.59 Å². The van der Waals surface area contributed by atoms with Crippen molar-refractivity contribution in [3.63, 3.8) is 0 Å². The van der Waals surface area contributed by atoms with Crippen LogP contribution in [0.1, 0.15) is 78.1 Å². The minimum absolute atomic E-state index is 0.0269. The fraction of sp³-hybridized carbons (Fsp3) is 0.333. The van der Waals surface area contributed by atoms with Crippen molar-refractivity contribution in [1.82, 2.24) is 0 Å². The molecule has 9 heteroatoms. The van der Waals surface area contributed by atoms with Crippen LogP contribution in [0.25, 0.3) is 43.1 Å². The number of ether oxygens (including phenoxy) is 6. The van der Waals surface area contributed by atoms with E-state index >= 15 is 0 Å². The van der Waals surface area contributed by atoms with E-state index in [-0.39, 0.29) is 38.4 Å². The molecule has 2 atom stereocenters. The Morgan fingerprint density at radius 1 is 0.444 bits per heavy atom. The molecule has 0 aliphatic carbocycles. The average molecular weight is 869 g/mol. The second-order valence-electron chi connectivity index (χ2n) is 15.9. The van der Waals surface area contributed by atoms with Crippen molar-refractivity contribution < 1.29 is 38.0 Å². The molecule has 0 heterocycles. The molecule has 328 valence electrons. The lowest BCUT2D eigenvalue weighted by Gasteiger charge is -2.23. The molecule has 7 aromatic carbocycles. The summed E-state index contributed by atoms with van der Waals surface area (Å²) in [7, 11) is 0. The van der Waals surface area contributed by atoms with Gasteiger partial charge in [0.05, 0.1) is 0 Å². The smallest absolute Gasteiger partial charge is 0.306 e. The van der Waals surface area contributed by atoms with E-state index in [4.69, 9.17) is 40.0 Å². The highest BCUT2D eigenvalue weighted by Gasteiger charge is 2.24. The van der Waals surface area contributed by atoms with Gasteiger partial charge in [-0.15, -0.1) is 0 Å². The summed E-state index contributed by atoms with van der Waals surface area (Å²) in [6.45, 7) is 4.53. The second kappa shape index (κ2) is 22.9. The van der Waals surface area contributed by atoms with Gasteiger partial charge in [0.15, 0.2) is 12.2 Å². The zero-order valence-corrected chi connectivity index (χ0v) is 37.1. The van der Waals surface area contributed by atoms with Crippen LogP contribution in [0.15, 0.2) is 127 Å². The van der Waals surface area contributed by atoms with Crippen LogP contribution in [0, 0.1) is 0 Å². The highest BCUT2D eigenvalue weighted by atomic mass is 35.5. The van der Waals surface area contributed by atoms with Crippen molar-refractivity contribution in [3.05, 3.63) is 132 Å². The molecule has 2 unspecified atom stereocenters. The maximum atomic E-state index is 13.2. The van der Waals surface area contributed by atoms with Crippen LogP contribution in [0.3, 0.4) is 0 Å². The van der Waals surface area contributed by atoms with Gasteiger partial charge in [-0.2, -0.15) is 0 Å². The number of rotatable bonds is 24. The zero-order chi connectivity index (χ0) is 43.8. The fourth-order valence-corrected chi connectivity index (χ4v) is 8.03. The SMILES string of the molecule is CCCCCCC(=O)OC(COc1cccc2ccccc12)COc1c2ccccc2c(OCC(COc2cccc3ccccc23)OC(=O)CCCCCC)c2cc(Cl)ccc12. The summed E-state index contributed by atoms with van der Waals surface area (Å²) in [6.07, 6.45) is 6.95. The van der Waals surface area contributed by atoms with Crippen LogP contribution in [0.5, 0.6) is 23.0 Å². The number of halogens is 1. The van der Waals surface area contributed by atoms with Gasteiger partial charge in [-0.1, -0.05) is 161 Å². The van der Waals surface area contributed by atoms with Gasteiger partial charge in [-0.25, -0.2) is 0 Å². The van der Waals surface area contributed by atoms with Crippen LogP contribution in [0.4, 0.5) is 0 Å². The van der Waals surface area contributed by atoms with Gasteiger partial charge in [-0.05, 0) is 53.9 Å². The number of esters is 2. The van der Waals surface area contributed by atoms with Crippen LogP contribution < -0.4 is 18.9 Å². The highest BCUT2D eigenvalue weighted by Crippen LogP contribution is 2.44. The Morgan fingerprint density at radius 2 is 0.857 bits per heavy atom. The first-order chi connectivity index (χ1) is 30.9. The molecule has 0 N–H and O–H groups in total. The Kier molecular flexibility index (Phi) is 16.4. The standard InChI is InChI=1S/C54H57ClO8/c1-3-5-7-9-29-51(56)62-41(34-58-49-27-17-21-38-19-11-13-23-43(38)49)36-60-53-45-25-15-16-26-46(45)54(48-33-40(55)31-32-47(48)53)61-37-42(63-52(57)30-10-8-6-4-2)35-59-50-28-18-22-39-20-12-14-24-44(39)50/h11-28,31-33,41-42H,3-10,29-30,34-37H2,1-2H3. The van der Waals surface area contributed by atoms with E-state index in [2.05, 4.69) is 13.8 Å². The Hall–Kier alpha value is -5.99. The van der Waals surface area contributed by atoms with Crippen LogP contribution in [-0.2, 0) is 19.1 Å². The summed E-state index contributed by atoms with van der Waals surface area (Å²) in [5.41, 5.74) is 0. The van der Waals surface area contributed by atoms with E-state index in [1.807, 2.05) is 127 Å². The van der Waals surface area contributed by atoms with Gasteiger partial charge in [0.25, 0.3) is 0 Å². The highest BCUT2D eigenvalue weighted by molar-refractivity contribution is 6.31. The molecule has 0 spiro atoms. The molecule has 63 heavy (non-hydrogen) atoms. The lowest BCUT2D eigenvalue weighted by molar-refractivity contribution is -0.153. The molecule has 0 aromatic heterocycles. The van der Waals surface area contributed by atoms with Crippen LogP contribution in [-0.4, -0.2) is 50.6 Å². The van der Waals surface area contributed by atoms with Crippen molar-refractivity contribution in [3.8, 4) is 23.0 Å². The van der Waals surface area contributed by atoms with E-state index in [0.29, 0.717) is 46.2 Å². The minimum atomic E-state index is -0.717. The third-order valence-corrected chi connectivity index (χ3v) is 11.4. The number of unbranched alkanes of at least 4 members (excludes halogenated alkanes) is 6. The van der Waals surface area contributed by atoms with Crippen molar-refractivity contribution in [2.75, 3.05) is 26.4 Å². The molecule has 7 rings (SSSR count). The van der Waals surface area contributed by atoms with Gasteiger partial charge < -0.3 is 28.4 Å². The molecule has 0 aliphatic heterocycles. The molecule has 0 saturated carbocycles. The molecule has 0 fully saturated rings. The zero-order valence-electron chi connectivity index (χ0n) is 36.3. The molecule has 0 bridgehead atoms. The molecule has 0 aliphatic rings. The summed E-state index contributed by atoms with van der Waals surface area (Å²) in [5, 5.41) is 7.60. The first kappa shape index (κ1) is 45.0. The number of hydrogen-bond donors (Lipinski definition) is 0. The molecule has 0 saturated heterocycles. The first-order valence-electron chi connectivity index (χ1n) is 22.4. The van der Waals surface area contributed by atoms with Gasteiger partial charge in [-0.3, -0.25) is 9.59 Å². The molecular weight excluding hydrogens is 812 g/mol. The lowest BCUT2D eigenvalue weighted by atomic mass is 10.0. The van der Waals surface area contributed by atoms with Gasteiger partial charge in [0.1, 0.15) is 49.4 Å². The third-order valence-electron chi connectivity index (χ3n) is 11.1.